The van der Waals surface area contributed by atoms with Crippen LogP contribution in [0.25, 0.3) is 0 Å². The van der Waals surface area contributed by atoms with E-state index in [0.717, 1.165) is 6.92 Å². The van der Waals surface area contributed by atoms with Gasteiger partial charge in [0, 0.05) is 6.42 Å². The largest absolute Gasteiger partial charge is 0.494 e. The molecule has 0 aliphatic rings. The van der Waals surface area contributed by atoms with Gasteiger partial charge in [0.05, 0.1) is 13.7 Å². The van der Waals surface area contributed by atoms with E-state index in [0.29, 0.717) is 12.0 Å². The Balaban J connectivity index is 2.47. The molecule has 21 heavy (non-hydrogen) atoms. The van der Waals surface area contributed by atoms with E-state index < -0.39 is 29.8 Å². The van der Waals surface area contributed by atoms with Gasteiger partial charge >= 0.3 is 5.97 Å². The highest BCUT2D eigenvalue weighted by atomic mass is 19.1. The van der Waals surface area contributed by atoms with Gasteiger partial charge in [-0.15, -0.1) is 0 Å². The first-order valence-electron chi connectivity index (χ1n) is 6.31. The number of benzene rings is 1. The van der Waals surface area contributed by atoms with Crippen molar-refractivity contribution in [2.75, 3.05) is 13.7 Å². The van der Waals surface area contributed by atoms with Crippen molar-refractivity contribution in [1.82, 2.24) is 5.32 Å². The smallest absolute Gasteiger partial charge is 0.337 e. The summed E-state index contributed by atoms with van der Waals surface area (Å²) in [6.45, 7) is 0.701. The van der Waals surface area contributed by atoms with Crippen molar-refractivity contribution in [1.29, 1.82) is 0 Å². The number of amides is 1. The molecule has 0 heterocycles. The molecule has 1 aromatic rings. The van der Waals surface area contributed by atoms with Gasteiger partial charge in [-0.1, -0.05) is 6.07 Å². The number of aliphatic carboxylic acids is 1. The van der Waals surface area contributed by atoms with E-state index in [4.69, 9.17) is 9.84 Å². The Morgan fingerprint density at radius 1 is 1.43 bits per heavy atom. The molecule has 0 radical (unpaired) electrons. The SMILES string of the molecule is COc1ccc(CCC(=O)NCC(C)(O)C(=O)O)cc1F. The summed E-state index contributed by atoms with van der Waals surface area (Å²) in [4.78, 5) is 22.2. The van der Waals surface area contributed by atoms with Crippen LogP contribution < -0.4 is 10.1 Å². The third-order valence-corrected chi connectivity index (χ3v) is 2.95. The second-order valence-electron chi connectivity index (χ2n) is 4.82. The molecule has 0 bridgehead atoms. The van der Waals surface area contributed by atoms with Gasteiger partial charge in [0.2, 0.25) is 5.91 Å². The van der Waals surface area contributed by atoms with Gasteiger partial charge in [-0.25, -0.2) is 9.18 Å². The zero-order valence-corrected chi connectivity index (χ0v) is 11.9. The van der Waals surface area contributed by atoms with Crippen LogP contribution in [-0.4, -0.2) is 41.3 Å². The van der Waals surface area contributed by atoms with E-state index >= 15 is 0 Å². The zero-order chi connectivity index (χ0) is 16.0. The minimum atomic E-state index is -2.01. The summed E-state index contributed by atoms with van der Waals surface area (Å²) < 4.78 is 18.2. The Hall–Kier alpha value is -2.15. The molecular formula is C14H18FNO5. The average molecular weight is 299 g/mol. The molecular weight excluding hydrogens is 281 g/mol. The molecule has 0 saturated heterocycles. The molecule has 1 rings (SSSR count). The van der Waals surface area contributed by atoms with Crippen LogP contribution in [0, 0.1) is 5.82 Å². The lowest BCUT2D eigenvalue weighted by Crippen LogP contribution is -2.46. The van der Waals surface area contributed by atoms with Crippen molar-refractivity contribution in [3.63, 3.8) is 0 Å². The van der Waals surface area contributed by atoms with Gasteiger partial charge in [0.25, 0.3) is 0 Å². The standard InChI is InChI=1S/C14H18FNO5/c1-14(20,13(18)19)8-16-12(17)6-4-9-3-5-11(21-2)10(15)7-9/h3,5,7,20H,4,6,8H2,1-2H3,(H,16,17)(H,18,19). The Morgan fingerprint density at radius 3 is 2.62 bits per heavy atom. The van der Waals surface area contributed by atoms with Crippen LogP contribution in [0.15, 0.2) is 18.2 Å². The van der Waals surface area contributed by atoms with E-state index in [1.807, 2.05) is 0 Å². The van der Waals surface area contributed by atoms with E-state index in [1.165, 1.54) is 19.2 Å². The molecule has 0 spiro atoms. The number of nitrogens with one attached hydrogen (secondary N) is 1. The van der Waals surface area contributed by atoms with E-state index in [2.05, 4.69) is 5.32 Å². The first-order valence-corrected chi connectivity index (χ1v) is 6.31. The Labute approximate surface area is 121 Å². The fraction of sp³-hybridized carbons (Fsp3) is 0.429. The summed E-state index contributed by atoms with van der Waals surface area (Å²) in [6, 6.07) is 4.39. The molecule has 116 valence electrons. The Kier molecular flexibility index (Phi) is 5.66. The molecule has 3 N–H and O–H groups in total. The highest BCUT2D eigenvalue weighted by molar-refractivity contribution is 5.80. The van der Waals surface area contributed by atoms with Crippen molar-refractivity contribution in [3.05, 3.63) is 29.6 Å². The van der Waals surface area contributed by atoms with Crippen LogP contribution in [0.2, 0.25) is 0 Å². The maximum Gasteiger partial charge on any atom is 0.337 e. The summed E-state index contributed by atoms with van der Waals surface area (Å²) in [6.07, 6.45) is 0.351. The minimum absolute atomic E-state index is 0.0570. The third-order valence-electron chi connectivity index (χ3n) is 2.95. The summed E-state index contributed by atoms with van der Waals surface area (Å²) in [5, 5.41) is 20.5. The number of carbonyl (C=O) groups excluding carboxylic acids is 1. The van der Waals surface area contributed by atoms with Crippen LogP contribution >= 0.6 is 0 Å². The number of halogens is 1. The van der Waals surface area contributed by atoms with Gasteiger partial charge < -0.3 is 20.3 Å². The number of hydrogen-bond donors (Lipinski definition) is 3. The topological polar surface area (TPSA) is 95.9 Å². The molecule has 0 aromatic heterocycles. The molecule has 1 unspecified atom stereocenters. The number of carboxylic acid groups (broad SMARTS) is 1. The van der Waals surface area contributed by atoms with Gasteiger partial charge in [-0.2, -0.15) is 0 Å². The zero-order valence-electron chi connectivity index (χ0n) is 11.9. The Morgan fingerprint density at radius 2 is 2.10 bits per heavy atom. The van der Waals surface area contributed by atoms with E-state index in [9.17, 15) is 19.1 Å². The highest BCUT2D eigenvalue weighted by Gasteiger charge is 2.30. The second-order valence-corrected chi connectivity index (χ2v) is 4.82. The predicted octanol–water partition coefficient (Wildman–Crippen LogP) is 0.719. The molecule has 0 saturated carbocycles. The van der Waals surface area contributed by atoms with Gasteiger partial charge in [0.1, 0.15) is 0 Å². The molecule has 1 aromatic carbocycles. The quantitative estimate of drug-likeness (QED) is 0.689. The van der Waals surface area contributed by atoms with Crippen LogP contribution in [0.1, 0.15) is 18.9 Å². The lowest BCUT2D eigenvalue weighted by molar-refractivity contribution is -0.156. The third kappa shape index (κ3) is 5.03. The van der Waals surface area contributed by atoms with E-state index in [1.54, 1.807) is 6.07 Å². The fourth-order valence-electron chi connectivity index (χ4n) is 1.56. The number of aliphatic hydroxyl groups is 1. The monoisotopic (exact) mass is 299 g/mol. The first kappa shape index (κ1) is 16.9. The molecule has 0 aliphatic carbocycles. The van der Waals surface area contributed by atoms with Crippen LogP contribution in [0.5, 0.6) is 5.75 Å². The van der Waals surface area contributed by atoms with Crippen LogP contribution in [0.3, 0.4) is 0 Å². The van der Waals surface area contributed by atoms with Crippen molar-refractivity contribution >= 4 is 11.9 Å². The normalized spacial score (nSPS) is 13.3. The maximum atomic E-state index is 13.4. The molecule has 6 nitrogen and oxygen atoms in total. The number of ether oxygens (including phenoxy) is 1. The number of hydrogen-bond acceptors (Lipinski definition) is 4. The summed E-state index contributed by atoms with van der Waals surface area (Å²) in [7, 11) is 1.36. The summed E-state index contributed by atoms with van der Waals surface area (Å²) in [5.41, 5.74) is -1.39. The Bertz CT molecular complexity index is 530. The van der Waals surface area contributed by atoms with Crippen molar-refractivity contribution in [2.24, 2.45) is 0 Å². The molecule has 1 atom stereocenters. The minimum Gasteiger partial charge on any atom is -0.494 e. The second kappa shape index (κ2) is 7.03. The summed E-state index contributed by atoms with van der Waals surface area (Å²) >= 11 is 0. The van der Waals surface area contributed by atoms with Crippen molar-refractivity contribution in [3.8, 4) is 5.75 Å². The van der Waals surface area contributed by atoms with Gasteiger partial charge in [-0.05, 0) is 31.0 Å². The number of carboxylic acids is 1. The molecule has 0 aliphatic heterocycles. The highest BCUT2D eigenvalue weighted by Crippen LogP contribution is 2.18. The molecule has 0 fully saturated rings. The fourth-order valence-corrected chi connectivity index (χ4v) is 1.56. The lowest BCUT2D eigenvalue weighted by atomic mass is 10.1. The molecule has 1 amide bonds. The molecule has 7 heteroatoms. The van der Waals surface area contributed by atoms with E-state index in [-0.39, 0.29) is 12.2 Å². The predicted molar refractivity (Wildman–Crippen MR) is 72.5 cm³/mol. The van der Waals surface area contributed by atoms with Crippen molar-refractivity contribution < 1.29 is 28.9 Å². The van der Waals surface area contributed by atoms with Crippen LogP contribution in [-0.2, 0) is 16.0 Å². The maximum absolute atomic E-state index is 13.4. The number of methoxy groups -OCH3 is 1. The van der Waals surface area contributed by atoms with Gasteiger partial charge in [-0.3, -0.25) is 4.79 Å². The van der Waals surface area contributed by atoms with Crippen molar-refractivity contribution in [2.45, 2.75) is 25.4 Å². The first-order chi connectivity index (χ1) is 9.76. The number of aryl methyl sites for hydroxylation is 1. The van der Waals surface area contributed by atoms with Crippen LogP contribution in [0.4, 0.5) is 4.39 Å². The number of rotatable bonds is 7. The van der Waals surface area contributed by atoms with Gasteiger partial charge in [0.15, 0.2) is 17.2 Å². The lowest BCUT2D eigenvalue weighted by Gasteiger charge is -2.18. The summed E-state index contributed by atoms with van der Waals surface area (Å²) in [5.74, 6) is -2.22. The average Bonchev–Trinajstić information content (AvgIpc) is 2.43. The number of carbonyl (C=O) groups is 2.